The molecule has 6 heteroatoms. The van der Waals surface area contributed by atoms with E-state index < -0.39 is 34.6 Å². The van der Waals surface area contributed by atoms with E-state index in [0.717, 1.165) is 24.0 Å². The van der Waals surface area contributed by atoms with Crippen LogP contribution < -0.4 is 0 Å². The van der Waals surface area contributed by atoms with Crippen LogP contribution in [0, 0.1) is 22.7 Å². The van der Waals surface area contributed by atoms with Crippen molar-refractivity contribution in [3.05, 3.63) is 59.5 Å². The second kappa shape index (κ2) is 7.54. The van der Waals surface area contributed by atoms with Crippen molar-refractivity contribution >= 4 is 12.3 Å². The summed E-state index contributed by atoms with van der Waals surface area (Å²) < 4.78 is 11.7. The molecule has 1 aromatic carbocycles. The van der Waals surface area contributed by atoms with Gasteiger partial charge in [0, 0.05) is 11.8 Å². The van der Waals surface area contributed by atoms with Crippen LogP contribution in [0.1, 0.15) is 67.6 Å². The number of ether oxygens (including phenoxy) is 1. The first-order chi connectivity index (χ1) is 15.7. The van der Waals surface area contributed by atoms with Crippen LogP contribution >= 0.6 is 0 Å². The van der Waals surface area contributed by atoms with Gasteiger partial charge in [0.25, 0.3) is 0 Å². The van der Waals surface area contributed by atoms with Crippen LogP contribution in [0.15, 0.2) is 47.1 Å². The number of aldehydes is 1. The molecule has 176 valence electrons. The molecule has 1 heterocycles. The smallest absolute Gasteiger partial charge is 0.338 e. The van der Waals surface area contributed by atoms with Crippen molar-refractivity contribution in [1.29, 1.82) is 0 Å². The van der Waals surface area contributed by atoms with Gasteiger partial charge in [0.1, 0.15) is 17.6 Å². The van der Waals surface area contributed by atoms with E-state index in [2.05, 4.69) is 6.92 Å². The molecule has 1 aromatic heterocycles. The van der Waals surface area contributed by atoms with Crippen molar-refractivity contribution in [2.75, 3.05) is 0 Å². The van der Waals surface area contributed by atoms with Gasteiger partial charge in [-0.1, -0.05) is 38.5 Å². The molecule has 33 heavy (non-hydrogen) atoms. The highest BCUT2D eigenvalue weighted by atomic mass is 16.6. The summed E-state index contributed by atoms with van der Waals surface area (Å²) in [4.78, 5) is 25.6. The molecule has 6 nitrogen and oxygen atoms in total. The highest BCUT2D eigenvalue weighted by Crippen LogP contribution is 2.67. The number of hydrogen-bond donors (Lipinski definition) is 2. The van der Waals surface area contributed by atoms with Crippen LogP contribution in [-0.4, -0.2) is 40.3 Å². The zero-order valence-electron chi connectivity index (χ0n) is 19.4. The molecule has 0 spiro atoms. The highest BCUT2D eigenvalue weighted by Gasteiger charge is 2.74. The monoisotopic (exact) mass is 452 g/mol. The molecule has 0 saturated heterocycles. The lowest BCUT2D eigenvalue weighted by atomic mass is 9.40. The number of furan rings is 1. The Morgan fingerprint density at radius 1 is 1.18 bits per heavy atom. The zero-order valence-corrected chi connectivity index (χ0v) is 19.4. The second-order valence-electron chi connectivity index (χ2n) is 10.7. The topological polar surface area (TPSA) is 97.0 Å². The number of rotatable bonds is 3. The third-order valence-electron chi connectivity index (χ3n) is 9.29. The minimum absolute atomic E-state index is 0.0452. The van der Waals surface area contributed by atoms with Gasteiger partial charge < -0.3 is 24.2 Å². The Morgan fingerprint density at radius 2 is 1.91 bits per heavy atom. The van der Waals surface area contributed by atoms with Crippen molar-refractivity contribution in [2.24, 2.45) is 22.7 Å². The maximum atomic E-state index is 13.1. The van der Waals surface area contributed by atoms with Crippen LogP contribution in [0.3, 0.4) is 0 Å². The van der Waals surface area contributed by atoms with Gasteiger partial charge in [-0.25, -0.2) is 4.79 Å². The number of hydrogen-bond acceptors (Lipinski definition) is 6. The molecule has 0 amide bonds. The minimum atomic E-state index is -1.73. The van der Waals surface area contributed by atoms with Gasteiger partial charge in [-0.05, 0) is 61.3 Å². The lowest BCUT2D eigenvalue weighted by Crippen LogP contribution is -2.77. The normalized spacial score (nSPS) is 41.9. The summed E-state index contributed by atoms with van der Waals surface area (Å²) >= 11 is 0. The third kappa shape index (κ3) is 2.86. The van der Waals surface area contributed by atoms with Crippen molar-refractivity contribution in [1.82, 2.24) is 0 Å². The average molecular weight is 453 g/mol. The fraction of sp³-hybridized carbons (Fsp3) is 0.556. The van der Waals surface area contributed by atoms with E-state index in [4.69, 9.17) is 9.15 Å². The Labute approximate surface area is 193 Å². The predicted octanol–water partition coefficient (Wildman–Crippen LogP) is 3.90. The summed E-state index contributed by atoms with van der Waals surface area (Å²) in [5.41, 5.74) is -2.26. The third-order valence-corrected chi connectivity index (χ3v) is 9.29. The molecule has 2 fully saturated rings. The molecule has 3 aliphatic rings. The molecular formula is C27H32O6. The Morgan fingerprint density at radius 3 is 2.61 bits per heavy atom. The van der Waals surface area contributed by atoms with E-state index in [0.29, 0.717) is 24.8 Å². The average Bonchev–Trinajstić information content (AvgIpc) is 3.29. The van der Waals surface area contributed by atoms with E-state index in [1.165, 1.54) is 0 Å². The number of benzene rings is 1. The van der Waals surface area contributed by atoms with Crippen LogP contribution in [0.5, 0.6) is 0 Å². The fourth-order valence-corrected chi connectivity index (χ4v) is 7.48. The number of fused-ring (bicyclic) bond motifs is 4. The highest BCUT2D eigenvalue weighted by molar-refractivity contribution is 5.89. The minimum Gasteiger partial charge on any atom is -0.469 e. The van der Waals surface area contributed by atoms with Crippen molar-refractivity contribution in [3.63, 3.8) is 0 Å². The Balaban J connectivity index is 1.66. The molecule has 8 atom stereocenters. The van der Waals surface area contributed by atoms with Gasteiger partial charge in [-0.15, -0.1) is 0 Å². The van der Waals surface area contributed by atoms with E-state index >= 15 is 0 Å². The van der Waals surface area contributed by atoms with E-state index in [-0.39, 0.29) is 17.8 Å². The van der Waals surface area contributed by atoms with Crippen LogP contribution in [0.2, 0.25) is 0 Å². The molecule has 2 saturated carbocycles. The number of carbonyl (C=O) groups is 2. The van der Waals surface area contributed by atoms with E-state index in [1.54, 1.807) is 43.5 Å². The quantitative estimate of drug-likeness (QED) is 0.542. The molecular weight excluding hydrogens is 420 g/mol. The maximum Gasteiger partial charge on any atom is 0.338 e. The van der Waals surface area contributed by atoms with Crippen molar-refractivity contribution < 1.29 is 29.0 Å². The number of esters is 1. The standard InChI is InChI=1S/C27H32O6/c1-16-18-10-13-32-20(18)14-19-21(16)22(29)23(33-24(30)17-8-5-4-6-9-17)27(31)25(2,15-28)11-7-12-26(19,27)3/h4-6,8-10,13,15-16,19,21-23,29,31H,7,11-12,14H2,1-3H3. The van der Waals surface area contributed by atoms with Gasteiger partial charge in [0.15, 0.2) is 6.10 Å². The van der Waals surface area contributed by atoms with E-state index in [9.17, 15) is 19.8 Å². The van der Waals surface area contributed by atoms with Gasteiger partial charge in [0.2, 0.25) is 0 Å². The molecule has 0 radical (unpaired) electrons. The first-order valence-electron chi connectivity index (χ1n) is 11.9. The summed E-state index contributed by atoms with van der Waals surface area (Å²) in [5.74, 6) is -0.158. The van der Waals surface area contributed by atoms with Crippen molar-refractivity contribution in [3.8, 4) is 0 Å². The summed E-state index contributed by atoms with van der Waals surface area (Å²) in [6, 6.07) is 10.5. The van der Waals surface area contributed by atoms with E-state index in [1.807, 2.05) is 13.0 Å². The van der Waals surface area contributed by atoms with Crippen LogP contribution in [-0.2, 0) is 16.0 Å². The number of aliphatic hydroxyl groups is 2. The molecule has 5 rings (SSSR count). The Bertz CT molecular complexity index is 1060. The van der Waals surface area contributed by atoms with Crippen LogP contribution in [0.4, 0.5) is 0 Å². The first-order valence-corrected chi connectivity index (χ1v) is 11.9. The Hall–Kier alpha value is -2.44. The number of carbonyl (C=O) groups excluding carboxylic acids is 2. The largest absolute Gasteiger partial charge is 0.469 e. The molecule has 2 N–H and O–H groups in total. The van der Waals surface area contributed by atoms with Crippen LogP contribution in [0.25, 0.3) is 0 Å². The predicted molar refractivity (Wildman–Crippen MR) is 121 cm³/mol. The fourth-order valence-electron chi connectivity index (χ4n) is 7.48. The molecule has 3 aliphatic carbocycles. The summed E-state index contributed by atoms with van der Waals surface area (Å²) in [7, 11) is 0. The Kier molecular flexibility index (Phi) is 5.11. The number of aliphatic hydroxyl groups excluding tert-OH is 1. The van der Waals surface area contributed by atoms with Gasteiger partial charge in [-0.2, -0.15) is 0 Å². The maximum absolute atomic E-state index is 13.1. The molecule has 0 bridgehead atoms. The van der Waals surface area contributed by atoms with Gasteiger partial charge >= 0.3 is 5.97 Å². The van der Waals surface area contributed by atoms with Gasteiger partial charge in [-0.3, -0.25) is 0 Å². The molecule has 8 unspecified atom stereocenters. The van der Waals surface area contributed by atoms with Gasteiger partial charge in [0.05, 0.1) is 23.3 Å². The first kappa shape index (κ1) is 22.4. The molecule has 0 aliphatic heterocycles. The van der Waals surface area contributed by atoms with Crippen molar-refractivity contribution in [2.45, 2.75) is 70.2 Å². The summed E-state index contributed by atoms with van der Waals surface area (Å²) in [6.45, 7) is 5.79. The summed E-state index contributed by atoms with van der Waals surface area (Å²) in [5, 5.41) is 24.3. The summed E-state index contributed by atoms with van der Waals surface area (Å²) in [6.07, 6.45) is 2.58. The lowest BCUT2D eigenvalue weighted by molar-refractivity contribution is -0.306. The SMILES string of the molecule is CC1c2ccoc2CC2C1C(O)C(OC(=O)c1ccccc1)C1(O)C(C)(C=O)CCCC21C. The lowest BCUT2D eigenvalue weighted by Gasteiger charge is -2.68. The second-order valence-corrected chi connectivity index (χ2v) is 10.7. The zero-order chi connectivity index (χ0) is 23.6. The molecule has 2 aromatic rings.